The van der Waals surface area contributed by atoms with Gasteiger partial charge in [-0.15, -0.1) is 11.3 Å². The van der Waals surface area contributed by atoms with Gasteiger partial charge in [0.25, 0.3) is 0 Å². The number of piperidine rings is 1. The molecule has 4 rings (SSSR count). The van der Waals surface area contributed by atoms with E-state index in [1.165, 1.54) is 4.88 Å². The van der Waals surface area contributed by atoms with E-state index >= 15 is 0 Å². The van der Waals surface area contributed by atoms with Crippen molar-refractivity contribution in [3.8, 4) is 0 Å². The van der Waals surface area contributed by atoms with Gasteiger partial charge < -0.3 is 10.6 Å². The van der Waals surface area contributed by atoms with E-state index in [9.17, 15) is 4.79 Å². The Hall–Kier alpha value is -2.44. The number of likely N-dealkylation sites (tertiary alicyclic amines) is 1. The normalized spacial score (nSPS) is 15.8. The fraction of sp³-hybridized carbons (Fsp3) is 0.300. The molecule has 2 aromatic heterocycles. The van der Waals surface area contributed by atoms with Crippen LogP contribution in [0.15, 0.2) is 54.0 Å². The van der Waals surface area contributed by atoms with Crippen molar-refractivity contribution in [3.63, 3.8) is 0 Å². The average Bonchev–Trinajstić information content (AvgIpc) is 3.17. The van der Waals surface area contributed by atoms with Crippen LogP contribution in [0.4, 0.5) is 10.5 Å². The first kappa shape index (κ1) is 17.0. The summed E-state index contributed by atoms with van der Waals surface area (Å²) in [6.45, 7) is 3.04. The number of thiophene rings is 1. The third-order valence-electron chi connectivity index (χ3n) is 4.78. The van der Waals surface area contributed by atoms with Gasteiger partial charge >= 0.3 is 6.03 Å². The zero-order valence-electron chi connectivity index (χ0n) is 14.5. The Bertz CT molecular complexity index is 867. The highest BCUT2D eigenvalue weighted by Crippen LogP contribution is 2.21. The van der Waals surface area contributed by atoms with E-state index in [0.717, 1.165) is 49.1 Å². The summed E-state index contributed by atoms with van der Waals surface area (Å²) in [4.78, 5) is 20.6. The molecule has 1 saturated heterocycles. The highest BCUT2D eigenvalue weighted by atomic mass is 32.1. The lowest BCUT2D eigenvalue weighted by atomic mass is 10.1. The highest BCUT2D eigenvalue weighted by Gasteiger charge is 2.21. The van der Waals surface area contributed by atoms with Gasteiger partial charge in [0.2, 0.25) is 0 Å². The largest absolute Gasteiger partial charge is 0.335 e. The van der Waals surface area contributed by atoms with E-state index in [-0.39, 0.29) is 12.1 Å². The first-order chi connectivity index (χ1) is 12.8. The lowest BCUT2D eigenvalue weighted by molar-refractivity contribution is 0.191. The third kappa shape index (κ3) is 4.03. The lowest BCUT2D eigenvalue weighted by Gasteiger charge is -2.32. The topological polar surface area (TPSA) is 57.3 Å². The van der Waals surface area contributed by atoms with Crippen molar-refractivity contribution in [3.05, 3.63) is 58.9 Å². The molecule has 0 bridgehead atoms. The number of nitrogens with one attached hydrogen (secondary N) is 2. The van der Waals surface area contributed by atoms with Crippen LogP contribution in [0.25, 0.3) is 10.9 Å². The van der Waals surface area contributed by atoms with Crippen molar-refractivity contribution in [2.24, 2.45) is 0 Å². The second-order valence-corrected chi connectivity index (χ2v) is 7.64. The SMILES string of the molecule is O=C(Nc1cccc2ncccc12)NC1CCN(Cc2cccs2)CC1. The van der Waals surface area contributed by atoms with Gasteiger partial charge in [-0.2, -0.15) is 0 Å². The van der Waals surface area contributed by atoms with E-state index in [1.807, 2.05) is 30.3 Å². The molecule has 5 nitrogen and oxygen atoms in total. The van der Waals surface area contributed by atoms with Crippen LogP contribution in [0, 0.1) is 0 Å². The molecular formula is C20H22N4OS. The van der Waals surface area contributed by atoms with Crippen LogP contribution in [0.3, 0.4) is 0 Å². The number of benzene rings is 1. The molecule has 1 aliphatic heterocycles. The molecule has 3 heterocycles. The lowest BCUT2D eigenvalue weighted by Crippen LogP contribution is -2.45. The van der Waals surface area contributed by atoms with Crippen molar-refractivity contribution in [1.82, 2.24) is 15.2 Å². The number of aromatic nitrogens is 1. The molecule has 0 saturated carbocycles. The van der Waals surface area contributed by atoms with E-state index in [1.54, 1.807) is 17.5 Å². The predicted octanol–water partition coefficient (Wildman–Crippen LogP) is 4.08. The minimum absolute atomic E-state index is 0.141. The number of carbonyl (C=O) groups excluding carboxylic acids is 1. The number of amides is 2. The minimum Gasteiger partial charge on any atom is -0.335 e. The van der Waals surface area contributed by atoms with Gasteiger partial charge in [-0.05, 0) is 48.6 Å². The Morgan fingerprint density at radius 2 is 2.04 bits per heavy atom. The Balaban J connectivity index is 1.30. The molecule has 0 atom stereocenters. The van der Waals surface area contributed by atoms with Crippen molar-refractivity contribution in [2.45, 2.75) is 25.4 Å². The van der Waals surface area contributed by atoms with Crippen molar-refractivity contribution >= 4 is 34.0 Å². The van der Waals surface area contributed by atoms with Gasteiger partial charge in [-0.1, -0.05) is 12.1 Å². The van der Waals surface area contributed by atoms with Gasteiger partial charge in [0.05, 0.1) is 11.2 Å². The maximum atomic E-state index is 12.4. The molecule has 1 aromatic carbocycles. The monoisotopic (exact) mass is 366 g/mol. The van der Waals surface area contributed by atoms with Crippen LogP contribution in [-0.2, 0) is 6.54 Å². The number of hydrogen-bond donors (Lipinski definition) is 2. The summed E-state index contributed by atoms with van der Waals surface area (Å²) < 4.78 is 0. The molecule has 3 aromatic rings. The molecule has 6 heteroatoms. The van der Waals surface area contributed by atoms with Crippen LogP contribution in [0.1, 0.15) is 17.7 Å². The van der Waals surface area contributed by atoms with Gasteiger partial charge in [-0.25, -0.2) is 4.79 Å². The molecular weight excluding hydrogens is 344 g/mol. The van der Waals surface area contributed by atoms with E-state index in [2.05, 4.69) is 38.0 Å². The molecule has 0 unspecified atom stereocenters. The summed E-state index contributed by atoms with van der Waals surface area (Å²) >= 11 is 1.80. The van der Waals surface area contributed by atoms with E-state index < -0.39 is 0 Å². The highest BCUT2D eigenvalue weighted by molar-refractivity contribution is 7.09. The molecule has 0 aliphatic carbocycles. The average molecular weight is 366 g/mol. The quantitative estimate of drug-likeness (QED) is 0.731. The fourth-order valence-electron chi connectivity index (χ4n) is 3.41. The Labute approximate surface area is 157 Å². The predicted molar refractivity (Wildman–Crippen MR) is 107 cm³/mol. The number of rotatable bonds is 4. The molecule has 134 valence electrons. The van der Waals surface area contributed by atoms with E-state index in [0.29, 0.717) is 0 Å². The van der Waals surface area contributed by atoms with Crippen molar-refractivity contribution in [2.75, 3.05) is 18.4 Å². The van der Waals surface area contributed by atoms with Crippen LogP contribution in [0.5, 0.6) is 0 Å². The van der Waals surface area contributed by atoms with Crippen LogP contribution in [-0.4, -0.2) is 35.0 Å². The second kappa shape index (κ2) is 7.85. The summed E-state index contributed by atoms with van der Waals surface area (Å²) in [5.74, 6) is 0. The van der Waals surface area contributed by atoms with Crippen LogP contribution < -0.4 is 10.6 Å². The van der Waals surface area contributed by atoms with Gasteiger partial charge in [0, 0.05) is 42.1 Å². The molecule has 2 amide bonds. The Kier molecular flexibility index (Phi) is 5.13. The molecule has 2 N–H and O–H groups in total. The number of anilines is 1. The summed E-state index contributed by atoms with van der Waals surface area (Å²) in [5, 5.41) is 9.17. The fourth-order valence-corrected chi connectivity index (χ4v) is 4.16. The van der Waals surface area contributed by atoms with E-state index in [4.69, 9.17) is 0 Å². The zero-order chi connectivity index (χ0) is 17.8. The molecule has 0 radical (unpaired) electrons. The number of nitrogens with zero attached hydrogens (tertiary/aromatic N) is 2. The minimum atomic E-state index is -0.141. The number of hydrogen-bond acceptors (Lipinski definition) is 4. The Morgan fingerprint density at radius 1 is 1.15 bits per heavy atom. The van der Waals surface area contributed by atoms with Gasteiger partial charge in [-0.3, -0.25) is 9.88 Å². The van der Waals surface area contributed by atoms with Crippen molar-refractivity contribution < 1.29 is 4.79 Å². The molecule has 26 heavy (non-hydrogen) atoms. The van der Waals surface area contributed by atoms with Gasteiger partial charge in [0.1, 0.15) is 0 Å². The van der Waals surface area contributed by atoms with Crippen LogP contribution >= 0.6 is 11.3 Å². The second-order valence-electron chi connectivity index (χ2n) is 6.60. The summed E-state index contributed by atoms with van der Waals surface area (Å²) in [6, 6.07) is 14.0. The number of carbonyl (C=O) groups is 1. The molecule has 1 aliphatic rings. The molecule has 1 fully saturated rings. The smallest absolute Gasteiger partial charge is 0.319 e. The number of urea groups is 1. The Morgan fingerprint density at radius 3 is 2.85 bits per heavy atom. The first-order valence-electron chi connectivity index (χ1n) is 8.94. The third-order valence-corrected chi connectivity index (χ3v) is 5.64. The standard InChI is InChI=1S/C20H22N4OS/c25-20(23-19-7-1-6-18-17(19)5-2-10-21-18)22-15-8-11-24(12-9-15)14-16-4-3-13-26-16/h1-7,10,13,15H,8-9,11-12,14H2,(H2,22,23,25). The number of pyridine rings is 1. The first-order valence-corrected chi connectivity index (χ1v) is 9.82. The zero-order valence-corrected chi connectivity index (χ0v) is 15.3. The van der Waals surface area contributed by atoms with Gasteiger partial charge in [0.15, 0.2) is 0 Å². The number of fused-ring (bicyclic) bond motifs is 1. The maximum Gasteiger partial charge on any atom is 0.319 e. The van der Waals surface area contributed by atoms with Crippen LogP contribution in [0.2, 0.25) is 0 Å². The summed E-state index contributed by atoms with van der Waals surface area (Å²) in [6.07, 6.45) is 3.72. The summed E-state index contributed by atoms with van der Waals surface area (Å²) in [5.41, 5.74) is 1.68. The maximum absolute atomic E-state index is 12.4. The molecule has 0 spiro atoms. The summed E-state index contributed by atoms with van der Waals surface area (Å²) in [7, 11) is 0. The van der Waals surface area contributed by atoms with Crippen molar-refractivity contribution in [1.29, 1.82) is 0 Å².